The van der Waals surface area contributed by atoms with Crippen molar-refractivity contribution in [2.75, 3.05) is 36.9 Å². The van der Waals surface area contributed by atoms with Gasteiger partial charge in [-0.1, -0.05) is 54.6 Å². The number of morpholine rings is 1. The van der Waals surface area contributed by atoms with Crippen LogP contribution in [0.5, 0.6) is 0 Å². The van der Waals surface area contributed by atoms with Gasteiger partial charge >= 0.3 is 0 Å². The molecule has 4 aromatic rings. The summed E-state index contributed by atoms with van der Waals surface area (Å²) in [5.74, 6) is 0.649. The minimum absolute atomic E-state index is 0.115. The Balaban J connectivity index is 1.56. The second kappa shape index (κ2) is 9.04. The number of pyridine rings is 1. The van der Waals surface area contributed by atoms with Gasteiger partial charge in [0.05, 0.1) is 24.4 Å². The average molecular weight is 438 g/mol. The molecule has 0 aliphatic carbocycles. The van der Waals surface area contributed by atoms with Gasteiger partial charge in [-0.2, -0.15) is 0 Å². The molecule has 0 bridgehead atoms. The third-order valence-corrected chi connectivity index (χ3v) is 6.24. The predicted octanol–water partition coefficient (Wildman–Crippen LogP) is 5.05. The summed E-state index contributed by atoms with van der Waals surface area (Å²) >= 11 is 0. The Morgan fingerprint density at radius 2 is 1.79 bits per heavy atom. The van der Waals surface area contributed by atoms with E-state index >= 15 is 0 Å². The average Bonchev–Trinajstić information content (AvgIpc) is 2.84. The molecule has 1 fully saturated rings. The first-order chi connectivity index (χ1) is 16.1. The summed E-state index contributed by atoms with van der Waals surface area (Å²) in [7, 11) is 0. The smallest absolute Gasteiger partial charge is 0.167 e. The summed E-state index contributed by atoms with van der Waals surface area (Å²) in [5, 5.41) is 1.01. The Hall–Kier alpha value is -3.70. The fraction of sp³-hybridized carbons (Fsp3) is 0.214. The van der Waals surface area contributed by atoms with Crippen LogP contribution in [0.2, 0.25) is 0 Å². The molecule has 2 N–H and O–H groups in total. The first-order valence-electron chi connectivity index (χ1n) is 11.3. The third-order valence-electron chi connectivity index (χ3n) is 6.24. The number of aromatic nitrogens is 1. The molecule has 0 atom stereocenters. The minimum atomic E-state index is 0.115. The standard InChI is InChI=1S/C28H27N3O2/c1-19-6-5-9-23(26(32)16-20-7-3-2-4-8-20)27(19)21-10-11-24-22(17-21)18-25(28(29)30-24)31-12-14-33-15-13-31/h2-11,17-18H,12-16H2,1H3,(H2,29,30). The molecule has 1 saturated heterocycles. The lowest BCUT2D eigenvalue weighted by molar-refractivity contribution is 0.0993. The van der Waals surface area contributed by atoms with Crippen LogP contribution in [-0.2, 0) is 11.2 Å². The highest BCUT2D eigenvalue weighted by molar-refractivity contribution is 6.05. The number of ether oxygens (including phenoxy) is 1. The molecular weight excluding hydrogens is 410 g/mol. The number of carbonyl (C=O) groups excluding carboxylic acids is 1. The second-order valence-corrected chi connectivity index (χ2v) is 8.48. The summed E-state index contributed by atoms with van der Waals surface area (Å²) in [6.07, 6.45) is 0.379. The molecule has 3 aromatic carbocycles. The zero-order valence-electron chi connectivity index (χ0n) is 18.8. The highest BCUT2D eigenvalue weighted by atomic mass is 16.5. The van der Waals surface area contributed by atoms with Crippen LogP contribution in [0.25, 0.3) is 22.0 Å². The van der Waals surface area contributed by atoms with Crippen LogP contribution in [0.4, 0.5) is 11.5 Å². The molecule has 166 valence electrons. The van der Waals surface area contributed by atoms with Crippen molar-refractivity contribution in [1.29, 1.82) is 0 Å². The molecule has 5 rings (SSSR count). The van der Waals surface area contributed by atoms with E-state index in [1.165, 1.54) is 0 Å². The van der Waals surface area contributed by atoms with Gasteiger partial charge in [0.25, 0.3) is 0 Å². The van der Waals surface area contributed by atoms with Gasteiger partial charge in [0, 0.05) is 30.5 Å². The van der Waals surface area contributed by atoms with Gasteiger partial charge in [-0.05, 0) is 47.4 Å². The van der Waals surface area contributed by atoms with E-state index in [9.17, 15) is 4.79 Å². The van der Waals surface area contributed by atoms with Gasteiger partial charge in [-0.25, -0.2) is 4.98 Å². The Labute approximate surface area is 193 Å². The van der Waals surface area contributed by atoms with Gasteiger partial charge in [0.2, 0.25) is 0 Å². The second-order valence-electron chi connectivity index (χ2n) is 8.48. The number of benzene rings is 3. The van der Waals surface area contributed by atoms with E-state index in [1.807, 2.05) is 54.6 Å². The van der Waals surface area contributed by atoms with Crippen molar-refractivity contribution in [2.45, 2.75) is 13.3 Å². The number of Topliss-reactive ketones (excluding diaryl/α,β-unsaturated/α-hetero) is 1. The molecule has 0 saturated carbocycles. The molecule has 1 aliphatic rings. The number of nitrogens with two attached hydrogens (primary N) is 1. The van der Waals surface area contributed by atoms with Crippen LogP contribution in [0.15, 0.2) is 72.8 Å². The minimum Gasteiger partial charge on any atom is -0.382 e. The summed E-state index contributed by atoms with van der Waals surface area (Å²) in [6.45, 7) is 5.03. The van der Waals surface area contributed by atoms with E-state index in [1.54, 1.807) is 0 Å². The van der Waals surface area contributed by atoms with E-state index in [0.717, 1.165) is 57.5 Å². The lowest BCUT2D eigenvalue weighted by Gasteiger charge is -2.29. The number of rotatable bonds is 5. The fourth-order valence-electron chi connectivity index (χ4n) is 4.55. The first-order valence-corrected chi connectivity index (χ1v) is 11.3. The Bertz CT molecular complexity index is 1310. The monoisotopic (exact) mass is 437 g/mol. The summed E-state index contributed by atoms with van der Waals surface area (Å²) in [5.41, 5.74) is 12.9. The maximum Gasteiger partial charge on any atom is 0.167 e. The van der Waals surface area contributed by atoms with Crippen molar-refractivity contribution in [2.24, 2.45) is 0 Å². The molecule has 5 nitrogen and oxygen atoms in total. The van der Waals surface area contributed by atoms with Crippen LogP contribution < -0.4 is 10.6 Å². The number of fused-ring (bicyclic) bond motifs is 1. The number of ketones is 1. The maximum atomic E-state index is 13.3. The molecule has 1 aromatic heterocycles. The molecule has 5 heteroatoms. The Morgan fingerprint density at radius 1 is 1.00 bits per heavy atom. The van der Waals surface area contributed by atoms with Crippen molar-refractivity contribution in [3.8, 4) is 11.1 Å². The highest BCUT2D eigenvalue weighted by Gasteiger charge is 2.18. The Kier molecular flexibility index (Phi) is 5.80. The van der Waals surface area contributed by atoms with Crippen molar-refractivity contribution >= 4 is 28.2 Å². The molecule has 0 radical (unpaired) electrons. The molecule has 1 aliphatic heterocycles. The number of hydrogen-bond donors (Lipinski definition) is 1. The first kappa shape index (κ1) is 21.2. The summed E-state index contributed by atoms with van der Waals surface area (Å²) < 4.78 is 5.48. The lowest BCUT2D eigenvalue weighted by Crippen LogP contribution is -2.36. The van der Waals surface area contributed by atoms with Crippen LogP contribution in [-0.4, -0.2) is 37.1 Å². The number of aryl methyl sites for hydroxylation is 1. The number of nitrogen functional groups attached to an aromatic ring is 1. The molecule has 0 unspecified atom stereocenters. The quantitative estimate of drug-likeness (QED) is 0.442. The predicted molar refractivity (Wildman–Crippen MR) is 134 cm³/mol. The van der Waals surface area contributed by atoms with Crippen LogP contribution >= 0.6 is 0 Å². The van der Waals surface area contributed by atoms with Crippen molar-refractivity contribution in [1.82, 2.24) is 4.98 Å². The fourth-order valence-corrected chi connectivity index (χ4v) is 4.55. The summed E-state index contributed by atoms with van der Waals surface area (Å²) in [6, 6.07) is 24.1. The van der Waals surface area contributed by atoms with Crippen LogP contribution in [0.3, 0.4) is 0 Å². The third kappa shape index (κ3) is 4.32. The lowest BCUT2D eigenvalue weighted by atomic mass is 9.90. The van der Waals surface area contributed by atoms with Gasteiger partial charge < -0.3 is 15.4 Å². The summed E-state index contributed by atoms with van der Waals surface area (Å²) in [4.78, 5) is 20.2. The molecule has 0 amide bonds. The SMILES string of the molecule is Cc1cccc(C(=O)Cc2ccccc2)c1-c1ccc2nc(N)c(N3CCOCC3)cc2c1. The number of nitrogens with zero attached hydrogens (tertiary/aromatic N) is 2. The van der Waals surface area contributed by atoms with Gasteiger partial charge in [0.15, 0.2) is 5.78 Å². The largest absolute Gasteiger partial charge is 0.382 e. The van der Waals surface area contributed by atoms with E-state index in [0.29, 0.717) is 25.5 Å². The van der Waals surface area contributed by atoms with Crippen molar-refractivity contribution in [3.63, 3.8) is 0 Å². The Morgan fingerprint density at radius 3 is 2.58 bits per heavy atom. The van der Waals surface area contributed by atoms with Gasteiger partial charge in [-0.3, -0.25) is 4.79 Å². The molecule has 2 heterocycles. The van der Waals surface area contributed by atoms with Crippen LogP contribution in [0, 0.1) is 6.92 Å². The zero-order chi connectivity index (χ0) is 22.8. The zero-order valence-corrected chi connectivity index (χ0v) is 18.8. The van der Waals surface area contributed by atoms with Gasteiger partial charge in [-0.15, -0.1) is 0 Å². The van der Waals surface area contributed by atoms with E-state index < -0.39 is 0 Å². The van der Waals surface area contributed by atoms with E-state index in [4.69, 9.17) is 10.5 Å². The van der Waals surface area contributed by atoms with Crippen LogP contribution in [0.1, 0.15) is 21.5 Å². The van der Waals surface area contributed by atoms with E-state index in [-0.39, 0.29) is 5.78 Å². The number of anilines is 2. The van der Waals surface area contributed by atoms with Crippen molar-refractivity contribution < 1.29 is 9.53 Å². The topological polar surface area (TPSA) is 68.5 Å². The van der Waals surface area contributed by atoms with Gasteiger partial charge in [0.1, 0.15) is 5.82 Å². The normalized spacial score (nSPS) is 13.9. The molecule has 33 heavy (non-hydrogen) atoms. The molecule has 0 spiro atoms. The highest BCUT2D eigenvalue weighted by Crippen LogP contribution is 2.33. The maximum absolute atomic E-state index is 13.3. The van der Waals surface area contributed by atoms with E-state index in [2.05, 4.69) is 35.0 Å². The number of hydrogen-bond acceptors (Lipinski definition) is 5. The van der Waals surface area contributed by atoms with Crippen molar-refractivity contribution in [3.05, 3.63) is 89.5 Å². The number of carbonyl (C=O) groups is 1. The molecular formula is C28H27N3O2.